The summed E-state index contributed by atoms with van der Waals surface area (Å²) in [4.78, 5) is 24.8. The predicted octanol–water partition coefficient (Wildman–Crippen LogP) is -0.135. The SMILES string of the molecule is CN(C)C1(CNC2CC(=O)NC2=O)CCCC1. The summed E-state index contributed by atoms with van der Waals surface area (Å²) in [6, 6.07) is -0.333. The Kier molecular flexibility index (Phi) is 3.49. The summed E-state index contributed by atoms with van der Waals surface area (Å²) in [5.74, 6) is -0.347. The molecule has 96 valence electrons. The molecule has 2 rings (SSSR count). The van der Waals surface area contributed by atoms with Crippen LogP contribution in [0.15, 0.2) is 0 Å². The average Bonchev–Trinajstić information content (AvgIpc) is 2.83. The van der Waals surface area contributed by atoms with Gasteiger partial charge in [0, 0.05) is 12.1 Å². The number of hydrogen-bond acceptors (Lipinski definition) is 4. The largest absolute Gasteiger partial charge is 0.304 e. The first-order valence-corrected chi connectivity index (χ1v) is 6.28. The third-order valence-electron chi connectivity index (χ3n) is 4.13. The Morgan fingerprint density at radius 3 is 2.47 bits per heavy atom. The van der Waals surface area contributed by atoms with Crippen LogP contribution in [0.25, 0.3) is 0 Å². The van der Waals surface area contributed by atoms with Crippen molar-refractivity contribution >= 4 is 11.8 Å². The number of amides is 2. The van der Waals surface area contributed by atoms with Gasteiger partial charge in [0.15, 0.2) is 0 Å². The van der Waals surface area contributed by atoms with Crippen molar-refractivity contribution in [2.45, 2.75) is 43.7 Å². The second-order valence-corrected chi connectivity index (χ2v) is 5.38. The van der Waals surface area contributed by atoms with Crippen LogP contribution in [0.3, 0.4) is 0 Å². The number of likely N-dealkylation sites (N-methyl/N-ethyl adjacent to an activating group) is 1. The van der Waals surface area contributed by atoms with E-state index < -0.39 is 0 Å². The van der Waals surface area contributed by atoms with E-state index in [0.29, 0.717) is 0 Å². The summed E-state index contributed by atoms with van der Waals surface area (Å²) in [5, 5.41) is 5.58. The van der Waals surface area contributed by atoms with Gasteiger partial charge in [0.2, 0.25) is 11.8 Å². The van der Waals surface area contributed by atoms with Gasteiger partial charge in [0.1, 0.15) is 0 Å². The van der Waals surface area contributed by atoms with Crippen LogP contribution in [0.5, 0.6) is 0 Å². The van der Waals surface area contributed by atoms with Gasteiger partial charge in [-0.15, -0.1) is 0 Å². The van der Waals surface area contributed by atoms with Gasteiger partial charge in [0.25, 0.3) is 0 Å². The van der Waals surface area contributed by atoms with Crippen molar-refractivity contribution in [3.63, 3.8) is 0 Å². The smallest absolute Gasteiger partial charge is 0.244 e. The van der Waals surface area contributed by atoms with Gasteiger partial charge in [-0.25, -0.2) is 0 Å². The molecule has 1 saturated carbocycles. The summed E-state index contributed by atoms with van der Waals surface area (Å²) in [6.07, 6.45) is 5.10. The number of hydrogen-bond donors (Lipinski definition) is 2. The minimum Gasteiger partial charge on any atom is -0.304 e. The Labute approximate surface area is 102 Å². The third kappa shape index (κ3) is 2.50. The molecule has 0 aromatic rings. The molecule has 5 heteroatoms. The van der Waals surface area contributed by atoms with E-state index in [1.54, 1.807) is 0 Å². The highest BCUT2D eigenvalue weighted by Gasteiger charge is 2.38. The van der Waals surface area contributed by atoms with E-state index in [1.807, 2.05) is 0 Å². The van der Waals surface area contributed by atoms with Gasteiger partial charge < -0.3 is 10.2 Å². The normalized spacial score (nSPS) is 27.8. The van der Waals surface area contributed by atoms with Crippen molar-refractivity contribution in [2.24, 2.45) is 0 Å². The van der Waals surface area contributed by atoms with Gasteiger partial charge in [-0.2, -0.15) is 0 Å². The fourth-order valence-electron chi connectivity index (χ4n) is 2.85. The first-order chi connectivity index (χ1) is 8.03. The molecule has 1 saturated heterocycles. The quantitative estimate of drug-likeness (QED) is 0.671. The molecule has 1 aliphatic heterocycles. The number of imide groups is 1. The molecule has 1 atom stereocenters. The number of carbonyl (C=O) groups excluding carboxylic acids is 2. The molecular weight excluding hydrogens is 218 g/mol. The van der Waals surface area contributed by atoms with E-state index in [0.717, 1.165) is 19.4 Å². The van der Waals surface area contributed by atoms with Crippen molar-refractivity contribution < 1.29 is 9.59 Å². The van der Waals surface area contributed by atoms with Crippen LogP contribution >= 0.6 is 0 Å². The van der Waals surface area contributed by atoms with Crippen molar-refractivity contribution in [1.29, 1.82) is 0 Å². The molecular formula is C12H21N3O2. The Morgan fingerprint density at radius 2 is 2.00 bits per heavy atom. The first-order valence-electron chi connectivity index (χ1n) is 6.28. The van der Waals surface area contributed by atoms with Crippen LogP contribution in [0.4, 0.5) is 0 Å². The van der Waals surface area contributed by atoms with Gasteiger partial charge >= 0.3 is 0 Å². The topological polar surface area (TPSA) is 61.4 Å². The fraction of sp³-hybridized carbons (Fsp3) is 0.833. The summed E-state index contributed by atoms with van der Waals surface area (Å²) in [7, 11) is 4.18. The second-order valence-electron chi connectivity index (χ2n) is 5.38. The summed E-state index contributed by atoms with van der Waals surface area (Å²) < 4.78 is 0. The highest BCUT2D eigenvalue weighted by atomic mass is 16.2. The standard InChI is InChI=1S/C12H21N3O2/c1-15(2)12(5-3-4-6-12)8-13-9-7-10(16)14-11(9)17/h9,13H,3-8H2,1-2H3,(H,14,16,17). The number of carbonyl (C=O) groups is 2. The van der Waals surface area contributed by atoms with Crippen LogP contribution in [0.1, 0.15) is 32.1 Å². The molecule has 0 bridgehead atoms. The van der Waals surface area contributed by atoms with E-state index >= 15 is 0 Å². The second kappa shape index (κ2) is 4.74. The molecule has 1 unspecified atom stereocenters. The molecule has 0 aromatic carbocycles. The Bertz CT molecular complexity index is 322. The van der Waals surface area contributed by atoms with Crippen LogP contribution in [0, 0.1) is 0 Å². The molecule has 2 N–H and O–H groups in total. The average molecular weight is 239 g/mol. The van der Waals surface area contributed by atoms with Gasteiger partial charge in [-0.05, 0) is 26.9 Å². The molecule has 5 nitrogen and oxygen atoms in total. The van der Waals surface area contributed by atoms with E-state index in [2.05, 4.69) is 29.6 Å². The van der Waals surface area contributed by atoms with Crippen LogP contribution in [-0.2, 0) is 9.59 Å². The summed E-state index contributed by atoms with van der Waals surface area (Å²) in [6.45, 7) is 0.783. The van der Waals surface area contributed by atoms with Crippen molar-refractivity contribution in [2.75, 3.05) is 20.6 Å². The highest BCUT2D eigenvalue weighted by molar-refractivity contribution is 6.05. The van der Waals surface area contributed by atoms with Crippen molar-refractivity contribution in [1.82, 2.24) is 15.5 Å². The molecule has 17 heavy (non-hydrogen) atoms. The van der Waals surface area contributed by atoms with E-state index in [4.69, 9.17) is 0 Å². The zero-order valence-corrected chi connectivity index (χ0v) is 10.6. The molecule has 0 aromatic heterocycles. The van der Waals surface area contributed by atoms with Gasteiger partial charge in [-0.1, -0.05) is 12.8 Å². The Hall–Kier alpha value is -0.940. The Morgan fingerprint density at radius 1 is 1.35 bits per heavy atom. The first kappa shape index (κ1) is 12.5. The van der Waals surface area contributed by atoms with Crippen LogP contribution in [0.2, 0.25) is 0 Å². The predicted molar refractivity (Wildman–Crippen MR) is 64.4 cm³/mol. The number of rotatable bonds is 4. The van der Waals surface area contributed by atoms with Crippen LogP contribution < -0.4 is 10.6 Å². The maximum atomic E-state index is 11.5. The number of nitrogens with one attached hydrogen (secondary N) is 2. The van der Waals surface area contributed by atoms with Gasteiger partial charge in [-0.3, -0.25) is 14.9 Å². The lowest BCUT2D eigenvalue weighted by Crippen LogP contribution is -2.52. The zero-order valence-electron chi connectivity index (χ0n) is 10.6. The lowest BCUT2D eigenvalue weighted by Gasteiger charge is -2.37. The highest BCUT2D eigenvalue weighted by Crippen LogP contribution is 2.33. The van der Waals surface area contributed by atoms with E-state index in [9.17, 15) is 9.59 Å². The summed E-state index contributed by atoms with van der Waals surface area (Å²) in [5.41, 5.74) is 0.159. The van der Waals surface area contributed by atoms with Gasteiger partial charge in [0.05, 0.1) is 12.5 Å². The maximum Gasteiger partial charge on any atom is 0.244 e. The van der Waals surface area contributed by atoms with E-state index in [-0.39, 0.29) is 29.8 Å². The molecule has 0 radical (unpaired) electrons. The minimum atomic E-state index is -0.333. The molecule has 1 heterocycles. The molecule has 1 aliphatic carbocycles. The monoisotopic (exact) mass is 239 g/mol. The zero-order chi connectivity index (χ0) is 12.5. The lowest BCUT2D eigenvalue weighted by atomic mass is 9.95. The Balaban J connectivity index is 1.92. The van der Waals surface area contributed by atoms with Crippen LogP contribution in [-0.4, -0.2) is 48.9 Å². The molecule has 2 aliphatic rings. The lowest BCUT2D eigenvalue weighted by molar-refractivity contribution is -0.125. The fourth-order valence-corrected chi connectivity index (χ4v) is 2.85. The minimum absolute atomic E-state index is 0.159. The van der Waals surface area contributed by atoms with Crippen molar-refractivity contribution in [3.05, 3.63) is 0 Å². The van der Waals surface area contributed by atoms with E-state index in [1.165, 1.54) is 12.8 Å². The summed E-state index contributed by atoms with van der Waals surface area (Å²) >= 11 is 0. The van der Waals surface area contributed by atoms with Crippen molar-refractivity contribution in [3.8, 4) is 0 Å². The molecule has 2 amide bonds. The molecule has 2 fully saturated rings. The molecule has 0 spiro atoms. The third-order valence-corrected chi connectivity index (χ3v) is 4.13. The maximum absolute atomic E-state index is 11.5. The number of nitrogens with zero attached hydrogens (tertiary/aromatic N) is 1.